The second-order valence-corrected chi connectivity index (χ2v) is 4.01. The highest BCUT2D eigenvalue weighted by molar-refractivity contribution is 6.17. The van der Waals surface area contributed by atoms with Gasteiger partial charge in [0.15, 0.2) is 5.69 Å². The summed E-state index contributed by atoms with van der Waals surface area (Å²) in [5, 5.41) is 16.4. The first-order valence-corrected chi connectivity index (χ1v) is 6.54. The smallest absolute Gasteiger partial charge is 0.360 e. The van der Waals surface area contributed by atoms with E-state index in [1.54, 1.807) is 11.6 Å². The fourth-order valence-electron chi connectivity index (χ4n) is 1.55. The maximum atomic E-state index is 11.6. The van der Waals surface area contributed by atoms with Gasteiger partial charge < -0.3 is 9.84 Å². The van der Waals surface area contributed by atoms with E-state index in [0.29, 0.717) is 18.8 Å². The lowest BCUT2D eigenvalue weighted by molar-refractivity contribution is 0.0518. The molecule has 0 radical (unpaired) electrons. The van der Waals surface area contributed by atoms with Crippen LogP contribution in [0.1, 0.15) is 42.4 Å². The molecule has 1 aromatic rings. The number of carbonyl (C=O) groups is 1. The van der Waals surface area contributed by atoms with Gasteiger partial charge in [-0.3, -0.25) is 0 Å². The average Bonchev–Trinajstić information content (AvgIpc) is 2.78. The molecule has 0 saturated heterocycles. The molecule has 0 bridgehead atoms. The number of alkyl halides is 1. The average molecular weight is 276 g/mol. The number of ether oxygens (including phenoxy) is 1. The molecular formula is C11H18ClN3O3. The number of aliphatic hydroxyl groups excluding tert-OH is 1. The second-order valence-electron chi connectivity index (χ2n) is 3.75. The van der Waals surface area contributed by atoms with Crippen LogP contribution >= 0.6 is 11.6 Å². The third kappa shape index (κ3) is 3.96. The van der Waals surface area contributed by atoms with Crippen LogP contribution in [0.4, 0.5) is 0 Å². The van der Waals surface area contributed by atoms with Gasteiger partial charge in [-0.25, -0.2) is 9.48 Å². The van der Waals surface area contributed by atoms with Crippen molar-refractivity contribution in [3.8, 4) is 0 Å². The molecule has 7 heteroatoms. The Kier molecular flexibility index (Phi) is 6.67. The van der Waals surface area contributed by atoms with Crippen molar-refractivity contribution in [2.45, 2.75) is 38.6 Å². The lowest BCUT2D eigenvalue weighted by Gasteiger charge is -2.04. The van der Waals surface area contributed by atoms with Gasteiger partial charge in [-0.1, -0.05) is 5.21 Å². The van der Waals surface area contributed by atoms with E-state index in [0.717, 1.165) is 19.3 Å². The topological polar surface area (TPSA) is 77.2 Å². The maximum Gasteiger partial charge on any atom is 0.360 e. The molecule has 1 heterocycles. The number of nitrogens with zero attached hydrogens (tertiary/aromatic N) is 3. The molecule has 1 aromatic heterocycles. The highest BCUT2D eigenvalue weighted by Crippen LogP contribution is 2.11. The summed E-state index contributed by atoms with van der Waals surface area (Å²) in [5.74, 6) is -0.323. The molecule has 0 aliphatic heterocycles. The zero-order valence-electron chi connectivity index (χ0n) is 10.4. The van der Waals surface area contributed by atoms with E-state index in [2.05, 4.69) is 10.3 Å². The fourth-order valence-corrected chi connectivity index (χ4v) is 1.82. The number of aliphatic hydroxyl groups is 1. The van der Waals surface area contributed by atoms with Gasteiger partial charge in [0.05, 0.1) is 18.2 Å². The number of rotatable bonds is 8. The standard InChI is InChI=1S/C11H18ClN3O3/c1-2-18-11(17)10-9(8-12)15(14-13-10)6-4-3-5-7-16/h16H,2-8H2,1H3. The number of hydrogen-bond acceptors (Lipinski definition) is 5. The van der Waals surface area contributed by atoms with Crippen LogP contribution in [0, 0.1) is 0 Å². The summed E-state index contributed by atoms with van der Waals surface area (Å²) in [7, 11) is 0. The Morgan fingerprint density at radius 2 is 2.22 bits per heavy atom. The van der Waals surface area contributed by atoms with Gasteiger partial charge in [-0.05, 0) is 26.2 Å². The number of halogens is 1. The molecule has 1 N–H and O–H groups in total. The summed E-state index contributed by atoms with van der Waals surface area (Å²) in [5.41, 5.74) is 0.771. The van der Waals surface area contributed by atoms with E-state index in [9.17, 15) is 4.79 Å². The van der Waals surface area contributed by atoms with Crippen molar-refractivity contribution in [1.82, 2.24) is 15.0 Å². The Morgan fingerprint density at radius 3 is 2.83 bits per heavy atom. The predicted molar refractivity (Wildman–Crippen MR) is 66.5 cm³/mol. The van der Waals surface area contributed by atoms with Crippen LogP contribution in [0.25, 0.3) is 0 Å². The van der Waals surface area contributed by atoms with Crippen molar-refractivity contribution in [1.29, 1.82) is 0 Å². The fraction of sp³-hybridized carbons (Fsp3) is 0.727. The molecule has 0 fully saturated rings. The molecule has 0 saturated carbocycles. The normalized spacial score (nSPS) is 10.6. The summed E-state index contributed by atoms with van der Waals surface area (Å²) in [4.78, 5) is 11.6. The van der Waals surface area contributed by atoms with Crippen molar-refractivity contribution in [3.63, 3.8) is 0 Å². The maximum absolute atomic E-state index is 11.6. The molecule has 0 spiro atoms. The lowest BCUT2D eigenvalue weighted by Crippen LogP contribution is -2.10. The number of esters is 1. The van der Waals surface area contributed by atoms with Crippen LogP contribution < -0.4 is 0 Å². The lowest BCUT2D eigenvalue weighted by atomic mass is 10.2. The number of aryl methyl sites for hydroxylation is 1. The van der Waals surface area contributed by atoms with Crippen molar-refractivity contribution >= 4 is 17.6 Å². The Bertz CT molecular complexity index is 382. The molecule has 102 valence electrons. The minimum atomic E-state index is -0.491. The molecule has 18 heavy (non-hydrogen) atoms. The Labute approximate surface area is 111 Å². The Balaban J connectivity index is 2.66. The van der Waals surface area contributed by atoms with Gasteiger partial charge >= 0.3 is 5.97 Å². The Morgan fingerprint density at radius 1 is 1.44 bits per heavy atom. The zero-order valence-corrected chi connectivity index (χ0v) is 11.2. The third-order valence-corrected chi connectivity index (χ3v) is 2.71. The van der Waals surface area contributed by atoms with E-state index in [1.165, 1.54) is 0 Å². The Hall–Kier alpha value is -1.14. The van der Waals surface area contributed by atoms with E-state index in [4.69, 9.17) is 21.4 Å². The number of carbonyl (C=O) groups excluding carboxylic acids is 1. The van der Waals surface area contributed by atoms with Crippen molar-refractivity contribution in [3.05, 3.63) is 11.4 Å². The predicted octanol–water partition coefficient (Wildman–Crippen LogP) is 1.36. The summed E-state index contributed by atoms with van der Waals surface area (Å²) in [6.07, 6.45) is 2.51. The molecule has 1 rings (SSSR count). The number of hydrogen-bond donors (Lipinski definition) is 1. The summed E-state index contributed by atoms with van der Waals surface area (Å²) in [6, 6.07) is 0. The molecular weight excluding hydrogens is 258 g/mol. The molecule has 0 aliphatic carbocycles. The minimum absolute atomic E-state index is 0.168. The van der Waals surface area contributed by atoms with E-state index < -0.39 is 5.97 Å². The molecule has 6 nitrogen and oxygen atoms in total. The highest BCUT2D eigenvalue weighted by atomic mass is 35.5. The highest BCUT2D eigenvalue weighted by Gasteiger charge is 2.19. The minimum Gasteiger partial charge on any atom is -0.461 e. The van der Waals surface area contributed by atoms with Crippen molar-refractivity contribution < 1.29 is 14.6 Å². The first-order valence-electron chi connectivity index (χ1n) is 6.00. The van der Waals surface area contributed by atoms with Crippen LogP contribution in [0.15, 0.2) is 0 Å². The largest absolute Gasteiger partial charge is 0.461 e. The molecule has 0 atom stereocenters. The summed E-state index contributed by atoms with van der Waals surface area (Å²) < 4.78 is 6.50. The summed E-state index contributed by atoms with van der Waals surface area (Å²) >= 11 is 5.81. The van der Waals surface area contributed by atoms with Gasteiger partial charge in [0, 0.05) is 13.2 Å². The van der Waals surface area contributed by atoms with Crippen LogP contribution in [0.2, 0.25) is 0 Å². The monoisotopic (exact) mass is 275 g/mol. The van der Waals surface area contributed by atoms with Crippen LogP contribution in [0.3, 0.4) is 0 Å². The molecule has 0 aromatic carbocycles. The quantitative estimate of drug-likeness (QED) is 0.440. The van der Waals surface area contributed by atoms with E-state index in [-0.39, 0.29) is 18.2 Å². The zero-order chi connectivity index (χ0) is 13.4. The number of unbranched alkanes of at least 4 members (excludes halogenated alkanes) is 2. The summed E-state index contributed by atoms with van der Waals surface area (Å²) in [6.45, 7) is 2.85. The second kappa shape index (κ2) is 8.05. The number of aromatic nitrogens is 3. The van der Waals surface area contributed by atoms with Crippen LogP contribution in [-0.4, -0.2) is 39.3 Å². The first kappa shape index (κ1) is 14.9. The van der Waals surface area contributed by atoms with Crippen LogP contribution in [-0.2, 0) is 17.2 Å². The first-order chi connectivity index (χ1) is 8.74. The van der Waals surface area contributed by atoms with Gasteiger partial charge in [-0.15, -0.1) is 16.7 Å². The van der Waals surface area contributed by atoms with Gasteiger partial charge in [0.1, 0.15) is 0 Å². The SMILES string of the molecule is CCOC(=O)c1nnn(CCCCCO)c1CCl. The van der Waals surface area contributed by atoms with Crippen LogP contribution in [0.5, 0.6) is 0 Å². The van der Waals surface area contributed by atoms with Gasteiger partial charge in [0.2, 0.25) is 0 Å². The molecule has 0 amide bonds. The van der Waals surface area contributed by atoms with Gasteiger partial charge in [-0.2, -0.15) is 0 Å². The van der Waals surface area contributed by atoms with Crippen molar-refractivity contribution in [2.75, 3.05) is 13.2 Å². The van der Waals surface area contributed by atoms with E-state index >= 15 is 0 Å². The van der Waals surface area contributed by atoms with Gasteiger partial charge in [0.25, 0.3) is 0 Å². The third-order valence-electron chi connectivity index (χ3n) is 2.46. The molecule has 0 unspecified atom stereocenters. The van der Waals surface area contributed by atoms with Crippen molar-refractivity contribution in [2.24, 2.45) is 0 Å². The molecule has 0 aliphatic rings. The van der Waals surface area contributed by atoms with E-state index in [1.807, 2.05) is 0 Å².